The number of hydrogen-bond acceptors (Lipinski definition) is 4. The van der Waals surface area contributed by atoms with E-state index in [0.717, 1.165) is 4.90 Å². The van der Waals surface area contributed by atoms with Gasteiger partial charge in [0.25, 0.3) is 0 Å². The molecule has 0 aromatic heterocycles. The van der Waals surface area contributed by atoms with Gasteiger partial charge in [-0.05, 0) is 0 Å². The first-order valence-electron chi connectivity index (χ1n) is 6.10. The minimum Gasteiger partial charge on any atom is -0.480 e. The van der Waals surface area contributed by atoms with E-state index in [4.69, 9.17) is 5.11 Å². The summed E-state index contributed by atoms with van der Waals surface area (Å²) in [4.78, 5) is 38.8. The van der Waals surface area contributed by atoms with Crippen molar-refractivity contribution >= 4 is 17.9 Å². The fraction of sp³-hybridized carbons (Fsp3) is 0.727. The zero-order valence-electron chi connectivity index (χ0n) is 10.7. The highest BCUT2D eigenvalue weighted by Crippen LogP contribution is 2.20. The number of aliphatic carboxylic acids is 1. The Bertz CT molecular complexity index is 413. The third-order valence-corrected chi connectivity index (χ3v) is 3.54. The van der Waals surface area contributed by atoms with E-state index >= 15 is 0 Å². The van der Waals surface area contributed by atoms with Gasteiger partial charge in [-0.25, -0.2) is 9.59 Å². The van der Waals surface area contributed by atoms with Crippen molar-refractivity contribution in [2.24, 2.45) is 0 Å². The number of likely N-dealkylation sites (N-methyl/N-ethyl adjacent to an activating group) is 1. The molecule has 0 aromatic rings. The molecule has 2 rings (SSSR count). The lowest BCUT2D eigenvalue weighted by Crippen LogP contribution is -2.56. The Labute approximate surface area is 110 Å². The van der Waals surface area contributed by atoms with Crippen LogP contribution in [0.25, 0.3) is 0 Å². The number of amides is 3. The van der Waals surface area contributed by atoms with Crippen LogP contribution in [-0.4, -0.2) is 88.2 Å². The van der Waals surface area contributed by atoms with Gasteiger partial charge in [-0.15, -0.1) is 0 Å². The number of carboxylic acid groups (broad SMARTS) is 1. The van der Waals surface area contributed by atoms with Gasteiger partial charge in [0, 0.05) is 33.1 Å². The zero-order chi connectivity index (χ0) is 14.2. The standard InChI is InChI=1S/C11H17N3O5/c1-12-2-3-13(6-9(12)16)11(19)14-5-7(15)4-8(14)10(17)18/h7-8,15H,2-6H2,1H3,(H,17,18)/t7?,8-/m0/s1. The van der Waals surface area contributed by atoms with Crippen LogP contribution in [0.15, 0.2) is 0 Å². The highest BCUT2D eigenvalue weighted by atomic mass is 16.4. The summed E-state index contributed by atoms with van der Waals surface area (Å²) in [6, 6.07) is -1.51. The first kappa shape index (κ1) is 13.6. The van der Waals surface area contributed by atoms with Crippen LogP contribution in [0.5, 0.6) is 0 Å². The molecule has 2 fully saturated rings. The first-order chi connectivity index (χ1) is 8.90. The molecule has 106 valence electrons. The summed E-state index contributed by atoms with van der Waals surface area (Å²) in [6.07, 6.45) is -0.795. The summed E-state index contributed by atoms with van der Waals surface area (Å²) in [6.45, 7) is 0.753. The lowest BCUT2D eigenvalue weighted by molar-refractivity contribution is -0.141. The predicted molar refractivity (Wildman–Crippen MR) is 63.4 cm³/mol. The maximum atomic E-state index is 12.2. The molecule has 8 nitrogen and oxygen atoms in total. The van der Waals surface area contributed by atoms with Gasteiger partial charge in [-0.2, -0.15) is 0 Å². The molecule has 0 aromatic carbocycles. The second kappa shape index (κ2) is 5.04. The number of urea groups is 1. The molecule has 8 heteroatoms. The average molecular weight is 271 g/mol. The van der Waals surface area contributed by atoms with Crippen molar-refractivity contribution in [3.8, 4) is 0 Å². The van der Waals surface area contributed by atoms with E-state index in [9.17, 15) is 19.5 Å². The summed E-state index contributed by atoms with van der Waals surface area (Å²) in [5, 5.41) is 18.6. The van der Waals surface area contributed by atoms with Crippen LogP contribution in [-0.2, 0) is 9.59 Å². The van der Waals surface area contributed by atoms with E-state index in [0.29, 0.717) is 13.1 Å². The van der Waals surface area contributed by atoms with Gasteiger partial charge in [0.15, 0.2) is 0 Å². The molecule has 19 heavy (non-hydrogen) atoms. The predicted octanol–water partition coefficient (Wildman–Crippen LogP) is -1.60. The molecule has 2 saturated heterocycles. The molecular weight excluding hydrogens is 254 g/mol. The van der Waals surface area contributed by atoms with Crippen LogP contribution >= 0.6 is 0 Å². The summed E-state index contributed by atoms with van der Waals surface area (Å²) < 4.78 is 0. The third kappa shape index (κ3) is 2.62. The number of aliphatic hydroxyl groups is 1. The van der Waals surface area contributed by atoms with Crippen molar-refractivity contribution in [3.63, 3.8) is 0 Å². The normalized spacial score (nSPS) is 27.9. The molecule has 2 aliphatic heterocycles. The Balaban J connectivity index is 2.06. The fourth-order valence-corrected chi connectivity index (χ4v) is 2.36. The van der Waals surface area contributed by atoms with Crippen LogP contribution in [0.4, 0.5) is 4.79 Å². The summed E-state index contributed by atoms with van der Waals surface area (Å²) in [7, 11) is 1.66. The molecule has 2 atom stereocenters. The number of carbonyl (C=O) groups is 3. The van der Waals surface area contributed by atoms with Crippen LogP contribution in [0.3, 0.4) is 0 Å². The Morgan fingerprint density at radius 1 is 1.32 bits per heavy atom. The van der Waals surface area contributed by atoms with Crippen LogP contribution in [0, 0.1) is 0 Å². The molecule has 0 saturated carbocycles. The number of β-amino-alcohol motifs (C(OH)–C–C–N with tert-alkyl or cyclic N) is 1. The van der Waals surface area contributed by atoms with Crippen LogP contribution in [0.1, 0.15) is 6.42 Å². The quantitative estimate of drug-likeness (QED) is 0.598. The fourth-order valence-electron chi connectivity index (χ4n) is 2.36. The largest absolute Gasteiger partial charge is 0.480 e. The maximum Gasteiger partial charge on any atom is 0.326 e. The maximum absolute atomic E-state index is 12.2. The second-order valence-corrected chi connectivity index (χ2v) is 4.92. The molecule has 3 amide bonds. The van der Waals surface area contributed by atoms with Gasteiger partial charge >= 0.3 is 12.0 Å². The Morgan fingerprint density at radius 3 is 2.58 bits per heavy atom. The van der Waals surface area contributed by atoms with Crippen molar-refractivity contribution < 1.29 is 24.6 Å². The number of piperazine rings is 1. The highest BCUT2D eigenvalue weighted by molar-refractivity contribution is 5.88. The SMILES string of the molecule is CN1CCN(C(=O)N2CC(O)C[C@H]2C(=O)O)CC1=O. The average Bonchev–Trinajstić information content (AvgIpc) is 2.74. The van der Waals surface area contributed by atoms with Crippen molar-refractivity contribution in [3.05, 3.63) is 0 Å². The van der Waals surface area contributed by atoms with E-state index in [1.165, 1.54) is 9.80 Å². The second-order valence-electron chi connectivity index (χ2n) is 4.92. The minimum atomic E-state index is -1.13. The lowest BCUT2D eigenvalue weighted by atomic mass is 10.2. The first-order valence-corrected chi connectivity index (χ1v) is 6.10. The number of hydrogen-bond donors (Lipinski definition) is 2. The molecule has 2 heterocycles. The number of carboxylic acids is 1. The summed E-state index contributed by atoms with van der Waals surface area (Å²) in [5.41, 5.74) is 0. The zero-order valence-corrected chi connectivity index (χ0v) is 10.7. The number of aliphatic hydroxyl groups excluding tert-OH is 1. The molecule has 0 bridgehead atoms. The number of nitrogens with zero attached hydrogens (tertiary/aromatic N) is 3. The van der Waals surface area contributed by atoms with E-state index in [-0.39, 0.29) is 25.4 Å². The summed E-state index contributed by atoms with van der Waals surface area (Å²) in [5.74, 6) is -1.31. The van der Waals surface area contributed by atoms with E-state index in [1.54, 1.807) is 7.05 Å². The smallest absolute Gasteiger partial charge is 0.326 e. The van der Waals surface area contributed by atoms with Crippen molar-refractivity contribution in [1.82, 2.24) is 14.7 Å². The molecular formula is C11H17N3O5. The van der Waals surface area contributed by atoms with E-state index in [1.807, 2.05) is 0 Å². The number of carbonyl (C=O) groups excluding carboxylic acids is 2. The van der Waals surface area contributed by atoms with Gasteiger partial charge in [0.1, 0.15) is 12.6 Å². The third-order valence-electron chi connectivity index (χ3n) is 3.54. The Kier molecular flexibility index (Phi) is 3.61. The topological polar surface area (TPSA) is 101 Å². The van der Waals surface area contributed by atoms with Crippen LogP contribution < -0.4 is 0 Å². The number of likely N-dealkylation sites (tertiary alicyclic amines) is 1. The molecule has 2 aliphatic rings. The molecule has 1 unspecified atom stereocenters. The molecule has 2 N–H and O–H groups in total. The van der Waals surface area contributed by atoms with Gasteiger partial charge in [0.05, 0.1) is 6.10 Å². The van der Waals surface area contributed by atoms with Crippen molar-refractivity contribution in [2.45, 2.75) is 18.6 Å². The van der Waals surface area contributed by atoms with Crippen molar-refractivity contribution in [2.75, 3.05) is 33.2 Å². The van der Waals surface area contributed by atoms with Gasteiger partial charge < -0.3 is 24.9 Å². The molecule has 0 aliphatic carbocycles. The van der Waals surface area contributed by atoms with Crippen molar-refractivity contribution in [1.29, 1.82) is 0 Å². The Morgan fingerprint density at radius 2 is 2.00 bits per heavy atom. The molecule has 0 radical (unpaired) electrons. The van der Waals surface area contributed by atoms with Gasteiger partial charge in [-0.3, -0.25) is 4.79 Å². The summed E-state index contributed by atoms with van der Waals surface area (Å²) >= 11 is 0. The minimum absolute atomic E-state index is 0.00364. The monoisotopic (exact) mass is 271 g/mol. The van der Waals surface area contributed by atoms with E-state index < -0.39 is 24.1 Å². The van der Waals surface area contributed by atoms with Gasteiger partial charge in [-0.1, -0.05) is 0 Å². The lowest BCUT2D eigenvalue weighted by Gasteiger charge is -2.35. The Hall–Kier alpha value is -1.83. The van der Waals surface area contributed by atoms with E-state index in [2.05, 4.69) is 0 Å². The van der Waals surface area contributed by atoms with Crippen LogP contribution in [0.2, 0.25) is 0 Å². The number of rotatable bonds is 1. The van der Waals surface area contributed by atoms with Gasteiger partial charge in [0.2, 0.25) is 5.91 Å². The highest BCUT2D eigenvalue weighted by Gasteiger charge is 2.41. The molecule has 0 spiro atoms.